The molecule has 0 aromatic carbocycles. The predicted molar refractivity (Wildman–Crippen MR) is 68.1 cm³/mol. The van der Waals surface area contributed by atoms with Crippen molar-refractivity contribution in [2.75, 3.05) is 30.3 Å². The molecule has 0 unspecified atom stereocenters. The number of ether oxygens (including phenoxy) is 1. The third-order valence-electron chi connectivity index (χ3n) is 2.84. The van der Waals surface area contributed by atoms with Gasteiger partial charge in [-0.3, -0.25) is 0 Å². The van der Waals surface area contributed by atoms with Gasteiger partial charge in [-0.25, -0.2) is 9.97 Å². The van der Waals surface area contributed by atoms with Gasteiger partial charge < -0.3 is 15.4 Å². The number of hydrogen-bond donors (Lipinski definition) is 1. The third kappa shape index (κ3) is 2.85. The standard InChI is InChI=1S/C12H20N4O/c1-4-10-14-9(13)7-11(15-10)16-5-6-17-12(2,3)8-16/h7H,4-6,8H2,1-3H3,(H2,13,14,15). The Morgan fingerprint density at radius 3 is 2.88 bits per heavy atom. The molecule has 1 aromatic rings. The minimum Gasteiger partial charge on any atom is -0.384 e. The second-order valence-electron chi connectivity index (χ2n) is 4.95. The van der Waals surface area contributed by atoms with Gasteiger partial charge in [-0.2, -0.15) is 0 Å². The monoisotopic (exact) mass is 236 g/mol. The molecule has 1 aromatic heterocycles. The first kappa shape index (κ1) is 12.1. The largest absolute Gasteiger partial charge is 0.384 e. The lowest BCUT2D eigenvalue weighted by Gasteiger charge is -2.38. The maximum atomic E-state index is 5.80. The van der Waals surface area contributed by atoms with Gasteiger partial charge in [0, 0.05) is 25.6 Å². The molecule has 0 amide bonds. The summed E-state index contributed by atoms with van der Waals surface area (Å²) in [6, 6.07) is 1.83. The first-order valence-electron chi connectivity index (χ1n) is 6.02. The highest BCUT2D eigenvalue weighted by atomic mass is 16.5. The number of hydrogen-bond acceptors (Lipinski definition) is 5. The summed E-state index contributed by atoms with van der Waals surface area (Å²) in [5, 5.41) is 0. The van der Waals surface area contributed by atoms with Crippen LogP contribution in [-0.2, 0) is 11.2 Å². The second kappa shape index (κ2) is 4.49. The van der Waals surface area contributed by atoms with E-state index in [2.05, 4.69) is 28.7 Å². The Bertz CT molecular complexity index is 405. The van der Waals surface area contributed by atoms with Crippen molar-refractivity contribution in [1.29, 1.82) is 0 Å². The molecule has 1 saturated heterocycles. The zero-order chi connectivity index (χ0) is 12.5. The van der Waals surface area contributed by atoms with Crippen LogP contribution in [0.1, 0.15) is 26.6 Å². The highest BCUT2D eigenvalue weighted by Crippen LogP contribution is 2.22. The lowest BCUT2D eigenvalue weighted by atomic mass is 10.1. The first-order chi connectivity index (χ1) is 8.00. The molecule has 0 atom stereocenters. The van der Waals surface area contributed by atoms with Crippen molar-refractivity contribution in [3.05, 3.63) is 11.9 Å². The molecule has 5 nitrogen and oxygen atoms in total. The summed E-state index contributed by atoms with van der Waals surface area (Å²) in [4.78, 5) is 10.9. The fourth-order valence-corrected chi connectivity index (χ4v) is 2.04. The van der Waals surface area contributed by atoms with E-state index in [4.69, 9.17) is 10.5 Å². The van der Waals surface area contributed by atoms with E-state index >= 15 is 0 Å². The summed E-state index contributed by atoms with van der Waals surface area (Å²) < 4.78 is 5.69. The zero-order valence-electron chi connectivity index (χ0n) is 10.7. The fourth-order valence-electron chi connectivity index (χ4n) is 2.04. The van der Waals surface area contributed by atoms with E-state index in [0.717, 1.165) is 37.8 Å². The van der Waals surface area contributed by atoms with Gasteiger partial charge in [-0.15, -0.1) is 0 Å². The molecule has 17 heavy (non-hydrogen) atoms. The molecule has 5 heteroatoms. The summed E-state index contributed by atoms with van der Waals surface area (Å²) >= 11 is 0. The minimum absolute atomic E-state index is 0.135. The summed E-state index contributed by atoms with van der Waals surface area (Å²) in [6.07, 6.45) is 0.797. The number of morpholine rings is 1. The summed E-state index contributed by atoms with van der Waals surface area (Å²) in [6.45, 7) is 8.60. The maximum Gasteiger partial charge on any atom is 0.134 e. The summed E-state index contributed by atoms with van der Waals surface area (Å²) in [5.74, 6) is 2.24. The SMILES string of the molecule is CCc1nc(N)cc(N2CCOC(C)(C)C2)n1. The zero-order valence-corrected chi connectivity index (χ0v) is 10.7. The van der Waals surface area contributed by atoms with Crippen molar-refractivity contribution in [2.24, 2.45) is 0 Å². The smallest absolute Gasteiger partial charge is 0.134 e. The second-order valence-corrected chi connectivity index (χ2v) is 4.95. The number of aromatic nitrogens is 2. The first-order valence-corrected chi connectivity index (χ1v) is 6.02. The molecular weight excluding hydrogens is 216 g/mol. The van der Waals surface area contributed by atoms with Gasteiger partial charge >= 0.3 is 0 Å². The molecule has 1 aliphatic heterocycles. The number of rotatable bonds is 2. The van der Waals surface area contributed by atoms with E-state index < -0.39 is 0 Å². The molecular formula is C12H20N4O. The van der Waals surface area contributed by atoms with Gasteiger partial charge in [0.2, 0.25) is 0 Å². The van der Waals surface area contributed by atoms with E-state index in [1.54, 1.807) is 0 Å². The molecule has 0 aliphatic carbocycles. The van der Waals surface area contributed by atoms with Gasteiger partial charge in [0.1, 0.15) is 17.5 Å². The molecule has 0 spiro atoms. The van der Waals surface area contributed by atoms with Crippen LogP contribution in [0.3, 0.4) is 0 Å². The Kier molecular flexibility index (Phi) is 3.19. The van der Waals surface area contributed by atoms with Crippen molar-refractivity contribution in [3.63, 3.8) is 0 Å². The predicted octanol–water partition coefficient (Wildman–Crippen LogP) is 1.24. The van der Waals surface area contributed by atoms with Gasteiger partial charge in [-0.05, 0) is 13.8 Å². The van der Waals surface area contributed by atoms with Crippen LogP contribution < -0.4 is 10.6 Å². The molecule has 2 heterocycles. The molecule has 2 rings (SSSR count). The molecule has 94 valence electrons. The highest BCUT2D eigenvalue weighted by molar-refractivity contribution is 5.47. The van der Waals surface area contributed by atoms with Crippen LogP contribution in [-0.4, -0.2) is 35.3 Å². The van der Waals surface area contributed by atoms with Crippen molar-refractivity contribution in [1.82, 2.24) is 9.97 Å². The Morgan fingerprint density at radius 2 is 2.24 bits per heavy atom. The Labute approximate surface area is 102 Å². The average Bonchev–Trinajstić information content (AvgIpc) is 2.27. The number of nitrogens with zero attached hydrogens (tertiary/aromatic N) is 3. The maximum absolute atomic E-state index is 5.80. The van der Waals surface area contributed by atoms with Crippen LogP contribution in [0.4, 0.5) is 11.6 Å². The number of aryl methyl sites for hydroxylation is 1. The van der Waals surface area contributed by atoms with E-state index in [1.165, 1.54) is 0 Å². The molecule has 0 bridgehead atoms. The Balaban J connectivity index is 2.24. The van der Waals surface area contributed by atoms with Crippen LogP contribution >= 0.6 is 0 Å². The molecule has 1 fully saturated rings. The average molecular weight is 236 g/mol. The van der Waals surface area contributed by atoms with E-state index in [-0.39, 0.29) is 5.60 Å². The van der Waals surface area contributed by atoms with Crippen LogP contribution in [0, 0.1) is 0 Å². The molecule has 1 aliphatic rings. The van der Waals surface area contributed by atoms with Crippen LogP contribution in [0.5, 0.6) is 0 Å². The van der Waals surface area contributed by atoms with Crippen molar-refractivity contribution in [3.8, 4) is 0 Å². The molecule has 2 N–H and O–H groups in total. The van der Waals surface area contributed by atoms with Crippen molar-refractivity contribution < 1.29 is 4.74 Å². The van der Waals surface area contributed by atoms with Gasteiger partial charge in [0.15, 0.2) is 0 Å². The van der Waals surface area contributed by atoms with Gasteiger partial charge in [0.05, 0.1) is 12.2 Å². The summed E-state index contributed by atoms with van der Waals surface area (Å²) in [5.41, 5.74) is 5.67. The number of anilines is 2. The fraction of sp³-hybridized carbons (Fsp3) is 0.667. The molecule has 0 radical (unpaired) electrons. The topological polar surface area (TPSA) is 64.3 Å². The number of nitrogens with two attached hydrogens (primary N) is 1. The van der Waals surface area contributed by atoms with E-state index in [9.17, 15) is 0 Å². The Morgan fingerprint density at radius 1 is 1.47 bits per heavy atom. The summed E-state index contributed by atoms with van der Waals surface area (Å²) in [7, 11) is 0. The lowest BCUT2D eigenvalue weighted by Crippen LogP contribution is -2.48. The number of nitrogen functional groups attached to an aromatic ring is 1. The lowest BCUT2D eigenvalue weighted by molar-refractivity contribution is -0.0279. The van der Waals surface area contributed by atoms with E-state index in [0.29, 0.717) is 5.82 Å². The van der Waals surface area contributed by atoms with Crippen molar-refractivity contribution >= 4 is 11.6 Å². The highest BCUT2D eigenvalue weighted by Gasteiger charge is 2.28. The Hall–Kier alpha value is -1.36. The molecule has 0 saturated carbocycles. The quantitative estimate of drug-likeness (QED) is 0.837. The van der Waals surface area contributed by atoms with Crippen LogP contribution in [0.2, 0.25) is 0 Å². The van der Waals surface area contributed by atoms with Crippen LogP contribution in [0.15, 0.2) is 6.07 Å². The van der Waals surface area contributed by atoms with Crippen LogP contribution in [0.25, 0.3) is 0 Å². The van der Waals surface area contributed by atoms with Crippen molar-refractivity contribution in [2.45, 2.75) is 32.8 Å². The minimum atomic E-state index is -0.135. The third-order valence-corrected chi connectivity index (χ3v) is 2.84. The van der Waals surface area contributed by atoms with Gasteiger partial charge in [-0.1, -0.05) is 6.92 Å². The van der Waals surface area contributed by atoms with Gasteiger partial charge in [0.25, 0.3) is 0 Å². The normalized spacial score (nSPS) is 19.4. The van der Waals surface area contributed by atoms with E-state index in [1.807, 2.05) is 13.0 Å².